The van der Waals surface area contributed by atoms with E-state index in [1.54, 1.807) is 0 Å². The summed E-state index contributed by atoms with van der Waals surface area (Å²) in [5.74, 6) is 0. The van der Waals surface area contributed by atoms with Gasteiger partial charge in [0.15, 0.2) is 0 Å². The Labute approximate surface area is 122 Å². The highest BCUT2D eigenvalue weighted by Gasteiger charge is 2.14. The molecule has 0 aromatic heterocycles. The number of benzene rings is 2. The summed E-state index contributed by atoms with van der Waals surface area (Å²) >= 11 is 0. The fourth-order valence-corrected chi connectivity index (χ4v) is 2.32. The van der Waals surface area contributed by atoms with Gasteiger partial charge in [0.25, 0.3) is 0 Å². The molecule has 2 aromatic rings. The molecule has 0 aliphatic heterocycles. The van der Waals surface area contributed by atoms with Gasteiger partial charge in [-0.25, -0.2) is 0 Å². The molecule has 106 valence electrons. The van der Waals surface area contributed by atoms with Gasteiger partial charge in [0.2, 0.25) is 0 Å². The van der Waals surface area contributed by atoms with Gasteiger partial charge < -0.3 is 5.11 Å². The topological polar surface area (TPSA) is 20.2 Å². The summed E-state index contributed by atoms with van der Waals surface area (Å²) in [5.41, 5.74) is 3.75. The molecule has 1 heteroatoms. The first kappa shape index (κ1) is 14.8. The summed E-state index contributed by atoms with van der Waals surface area (Å²) in [6.07, 6.45) is 1.28. The van der Waals surface area contributed by atoms with Crippen LogP contribution < -0.4 is 0 Å². The third-order valence-electron chi connectivity index (χ3n) is 3.71. The number of rotatable bonds is 4. The van der Waals surface area contributed by atoms with E-state index in [0.717, 1.165) is 18.4 Å². The molecule has 0 bridgehead atoms. The third kappa shape index (κ3) is 3.94. The van der Waals surface area contributed by atoms with Crippen LogP contribution >= 0.6 is 0 Å². The van der Waals surface area contributed by atoms with E-state index in [-0.39, 0.29) is 11.5 Å². The maximum absolute atomic E-state index is 10.3. The van der Waals surface area contributed by atoms with Crippen molar-refractivity contribution in [2.24, 2.45) is 0 Å². The Morgan fingerprint density at radius 1 is 0.900 bits per heavy atom. The van der Waals surface area contributed by atoms with Crippen LogP contribution in [0.5, 0.6) is 0 Å². The molecule has 0 radical (unpaired) electrons. The molecule has 0 saturated heterocycles. The highest BCUT2D eigenvalue weighted by Crippen LogP contribution is 2.25. The minimum atomic E-state index is -0.385. The molecule has 0 spiro atoms. The summed E-state index contributed by atoms with van der Waals surface area (Å²) in [6.45, 7) is 6.61. The Balaban J connectivity index is 1.97. The van der Waals surface area contributed by atoms with E-state index >= 15 is 0 Å². The first-order valence-electron chi connectivity index (χ1n) is 7.29. The van der Waals surface area contributed by atoms with Crippen molar-refractivity contribution in [3.63, 3.8) is 0 Å². The number of aliphatic hydroxyl groups is 1. The molecule has 0 saturated carbocycles. The maximum Gasteiger partial charge on any atom is 0.0793 e. The van der Waals surface area contributed by atoms with Crippen LogP contribution in [0.1, 0.15) is 50.0 Å². The van der Waals surface area contributed by atoms with E-state index in [9.17, 15) is 5.11 Å². The first-order valence-corrected chi connectivity index (χ1v) is 7.29. The van der Waals surface area contributed by atoms with Crippen LogP contribution in [0, 0.1) is 0 Å². The molecule has 1 nitrogen and oxygen atoms in total. The molecule has 20 heavy (non-hydrogen) atoms. The molecule has 2 rings (SSSR count). The highest BCUT2D eigenvalue weighted by molar-refractivity contribution is 5.28. The summed E-state index contributed by atoms with van der Waals surface area (Å²) in [7, 11) is 0. The molecule has 0 aliphatic rings. The monoisotopic (exact) mass is 268 g/mol. The van der Waals surface area contributed by atoms with E-state index in [1.807, 2.05) is 18.2 Å². The van der Waals surface area contributed by atoms with Gasteiger partial charge in [-0.1, -0.05) is 75.4 Å². The maximum atomic E-state index is 10.3. The van der Waals surface area contributed by atoms with E-state index < -0.39 is 0 Å². The summed E-state index contributed by atoms with van der Waals surface area (Å²) in [6, 6.07) is 18.7. The predicted octanol–water partition coefficient (Wildman–Crippen LogP) is 4.65. The van der Waals surface area contributed by atoms with Gasteiger partial charge in [0, 0.05) is 0 Å². The van der Waals surface area contributed by atoms with Crippen molar-refractivity contribution in [3.8, 4) is 0 Å². The molecule has 0 heterocycles. The average molecular weight is 268 g/mol. The Morgan fingerprint density at radius 3 is 2.05 bits per heavy atom. The number of hydrogen-bond acceptors (Lipinski definition) is 1. The third-order valence-corrected chi connectivity index (χ3v) is 3.71. The lowest BCUT2D eigenvalue weighted by molar-refractivity contribution is 0.168. The number of aryl methyl sites for hydroxylation is 1. The molecule has 0 fully saturated rings. The van der Waals surface area contributed by atoms with Crippen LogP contribution in [0.15, 0.2) is 54.6 Å². The first-order chi connectivity index (χ1) is 9.47. The molecule has 1 unspecified atom stereocenters. The van der Waals surface area contributed by atoms with Crippen molar-refractivity contribution in [2.75, 3.05) is 0 Å². The standard InChI is InChI=1S/C19H24O/c1-19(2,3)17-12-10-16(11-13-17)18(20)14-9-15-7-5-4-6-8-15/h4-8,10-13,18,20H,9,14H2,1-3H3. The van der Waals surface area contributed by atoms with Gasteiger partial charge in [-0.15, -0.1) is 0 Å². The van der Waals surface area contributed by atoms with Gasteiger partial charge in [-0.3, -0.25) is 0 Å². The normalized spacial score (nSPS) is 13.2. The largest absolute Gasteiger partial charge is 0.388 e. The second-order valence-corrected chi connectivity index (χ2v) is 6.41. The molecule has 1 N–H and O–H groups in total. The zero-order valence-corrected chi connectivity index (χ0v) is 12.6. The van der Waals surface area contributed by atoms with Crippen LogP contribution in [0.25, 0.3) is 0 Å². The van der Waals surface area contributed by atoms with Gasteiger partial charge in [0.1, 0.15) is 0 Å². The molecular weight excluding hydrogens is 244 g/mol. The van der Waals surface area contributed by atoms with Crippen molar-refractivity contribution in [2.45, 2.75) is 45.1 Å². The molecular formula is C19H24O. The fourth-order valence-electron chi connectivity index (χ4n) is 2.32. The van der Waals surface area contributed by atoms with Gasteiger partial charge in [-0.2, -0.15) is 0 Å². The number of aliphatic hydroxyl groups excluding tert-OH is 1. The van der Waals surface area contributed by atoms with Crippen LogP contribution in [-0.2, 0) is 11.8 Å². The van der Waals surface area contributed by atoms with Gasteiger partial charge in [-0.05, 0) is 34.9 Å². The van der Waals surface area contributed by atoms with Gasteiger partial charge >= 0.3 is 0 Å². The number of hydrogen-bond donors (Lipinski definition) is 1. The summed E-state index contributed by atoms with van der Waals surface area (Å²) in [4.78, 5) is 0. The summed E-state index contributed by atoms with van der Waals surface area (Å²) < 4.78 is 0. The quantitative estimate of drug-likeness (QED) is 0.855. The smallest absolute Gasteiger partial charge is 0.0793 e. The summed E-state index contributed by atoms with van der Waals surface area (Å²) in [5, 5.41) is 10.3. The van der Waals surface area contributed by atoms with Gasteiger partial charge in [0.05, 0.1) is 6.10 Å². The Kier molecular flexibility index (Phi) is 4.61. The van der Waals surface area contributed by atoms with Crippen molar-refractivity contribution in [3.05, 3.63) is 71.3 Å². The second kappa shape index (κ2) is 6.23. The predicted molar refractivity (Wildman–Crippen MR) is 84.9 cm³/mol. The van der Waals surface area contributed by atoms with E-state index in [1.165, 1.54) is 11.1 Å². The van der Waals surface area contributed by atoms with E-state index in [0.29, 0.717) is 0 Å². The van der Waals surface area contributed by atoms with Crippen LogP contribution in [0.4, 0.5) is 0 Å². The Morgan fingerprint density at radius 2 is 1.50 bits per heavy atom. The van der Waals surface area contributed by atoms with Crippen molar-refractivity contribution in [1.82, 2.24) is 0 Å². The van der Waals surface area contributed by atoms with Crippen LogP contribution in [0.3, 0.4) is 0 Å². The zero-order chi connectivity index (χ0) is 14.6. The molecule has 0 amide bonds. The lowest BCUT2D eigenvalue weighted by Crippen LogP contribution is -2.11. The zero-order valence-electron chi connectivity index (χ0n) is 12.6. The Bertz CT molecular complexity index is 520. The van der Waals surface area contributed by atoms with E-state index in [4.69, 9.17) is 0 Å². The Hall–Kier alpha value is -1.60. The SMILES string of the molecule is CC(C)(C)c1ccc(C(O)CCc2ccccc2)cc1. The average Bonchev–Trinajstić information content (AvgIpc) is 2.45. The lowest BCUT2D eigenvalue weighted by Gasteiger charge is -2.20. The van der Waals surface area contributed by atoms with Crippen LogP contribution in [-0.4, -0.2) is 5.11 Å². The minimum Gasteiger partial charge on any atom is -0.388 e. The minimum absolute atomic E-state index is 0.160. The fraction of sp³-hybridized carbons (Fsp3) is 0.368. The molecule has 1 atom stereocenters. The second-order valence-electron chi connectivity index (χ2n) is 6.41. The lowest BCUT2D eigenvalue weighted by atomic mass is 9.86. The van der Waals surface area contributed by atoms with Crippen molar-refractivity contribution >= 4 is 0 Å². The van der Waals surface area contributed by atoms with Crippen LogP contribution in [0.2, 0.25) is 0 Å². The van der Waals surface area contributed by atoms with Crippen molar-refractivity contribution in [1.29, 1.82) is 0 Å². The van der Waals surface area contributed by atoms with Crippen molar-refractivity contribution < 1.29 is 5.11 Å². The highest BCUT2D eigenvalue weighted by atomic mass is 16.3. The molecule has 0 aliphatic carbocycles. The molecule has 2 aromatic carbocycles. The van der Waals surface area contributed by atoms with E-state index in [2.05, 4.69) is 57.2 Å².